The second-order valence-corrected chi connectivity index (χ2v) is 7.85. The summed E-state index contributed by atoms with van der Waals surface area (Å²) >= 11 is 1.77. The highest BCUT2D eigenvalue weighted by atomic mass is 32.2. The van der Waals surface area contributed by atoms with Crippen LogP contribution >= 0.6 is 11.3 Å². The molecule has 0 atom stereocenters. The Morgan fingerprint density at radius 3 is 2.29 bits per heavy atom. The molecule has 0 bridgehead atoms. The van der Waals surface area contributed by atoms with E-state index in [1.807, 2.05) is 19.1 Å². The molecule has 3 rings (SSSR count). The maximum Gasteiger partial charge on any atom is 0.235 e. The van der Waals surface area contributed by atoms with Crippen LogP contribution < -0.4 is 4.57 Å². The number of benzene rings is 2. The van der Waals surface area contributed by atoms with Crippen molar-refractivity contribution < 1.29 is 22.6 Å². The lowest BCUT2D eigenvalue weighted by Crippen LogP contribution is -2.36. The molecule has 1 heterocycles. The molecule has 24 heavy (non-hydrogen) atoms. The smallest absolute Gasteiger partial charge is 0.235 e. The van der Waals surface area contributed by atoms with E-state index >= 15 is 0 Å². The lowest BCUT2D eigenvalue weighted by molar-refractivity contribution is -0.674. The molecule has 0 amide bonds. The molecule has 7 heteroatoms. The largest absolute Gasteiger partial charge is 0.744 e. The van der Waals surface area contributed by atoms with Gasteiger partial charge in [0.15, 0.2) is 6.54 Å². The summed E-state index contributed by atoms with van der Waals surface area (Å²) in [6.45, 7) is 4.80. The van der Waals surface area contributed by atoms with Crippen molar-refractivity contribution in [3.63, 3.8) is 0 Å². The number of aromatic nitrogens is 1. The van der Waals surface area contributed by atoms with Crippen molar-refractivity contribution in [1.29, 1.82) is 0 Å². The second-order valence-electron chi connectivity index (χ2n) is 5.23. The Balaban J connectivity index is 0.000000177. The Bertz CT molecular complexity index is 915. The van der Waals surface area contributed by atoms with Gasteiger partial charge in [0.25, 0.3) is 0 Å². The first-order valence-electron chi connectivity index (χ1n) is 7.34. The number of fused-ring (bicyclic) bond motifs is 1. The Labute approximate surface area is 145 Å². The number of aliphatic hydroxyl groups excluding tert-OH is 1. The topological polar surface area (TPSA) is 81.3 Å². The maximum absolute atomic E-state index is 10.4. The molecule has 1 aromatic heterocycles. The fraction of sp³-hybridized carbons (Fsp3) is 0.235. The SMILES string of the molecule is Cc1ccc(S(=O)(=O)[O-])cc1.Cc1sc2ccccc2[n+]1CCO. The van der Waals surface area contributed by atoms with Crippen LogP contribution in [0.2, 0.25) is 0 Å². The summed E-state index contributed by atoms with van der Waals surface area (Å²) in [4.78, 5) is -0.178. The van der Waals surface area contributed by atoms with Gasteiger partial charge in [0.2, 0.25) is 10.5 Å². The second kappa shape index (κ2) is 7.85. The molecule has 128 valence electrons. The van der Waals surface area contributed by atoms with Crippen LogP contribution in [0, 0.1) is 13.8 Å². The van der Waals surface area contributed by atoms with Crippen molar-refractivity contribution in [3.8, 4) is 0 Å². The van der Waals surface area contributed by atoms with Gasteiger partial charge in [-0.3, -0.25) is 0 Å². The zero-order chi connectivity index (χ0) is 17.7. The van der Waals surface area contributed by atoms with Crippen LogP contribution in [0.3, 0.4) is 0 Å². The first kappa shape index (κ1) is 18.5. The third kappa shape index (κ3) is 4.61. The zero-order valence-electron chi connectivity index (χ0n) is 13.5. The number of rotatable bonds is 3. The highest BCUT2D eigenvalue weighted by Gasteiger charge is 2.14. The zero-order valence-corrected chi connectivity index (χ0v) is 15.1. The number of nitrogens with zero attached hydrogens (tertiary/aromatic N) is 1. The average Bonchev–Trinajstić information content (AvgIpc) is 2.84. The summed E-state index contributed by atoms with van der Waals surface area (Å²) < 4.78 is 34.6. The minimum Gasteiger partial charge on any atom is -0.744 e. The Kier molecular flexibility index (Phi) is 6.06. The number of thiazole rings is 1. The predicted octanol–water partition coefficient (Wildman–Crippen LogP) is 2.39. The van der Waals surface area contributed by atoms with Crippen LogP contribution in [0.15, 0.2) is 53.4 Å². The van der Waals surface area contributed by atoms with Gasteiger partial charge in [-0.25, -0.2) is 8.42 Å². The van der Waals surface area contributed by atoms with E-state index in [-0.39, 0.29) is 11.5 Å². The summed E-state index contributed by atoms with van der Waals surface area (Å²) in [5, 5.41) is 10.2. The normalized spacial score (nSPS) is 11.2. The highest BCUT2D eigenvalue weighted by Crippen LogP contribution is 2.18. The van der Waals surface area contributed by atoms with Crippen LogP contribution in [-0.2, 0) is 16.7 Å². The van der Waals surface area contributed by atoms with E-state index in [1.54, 1.807) is 23.5 Å². The molecule has 0 saturated heterocycles. The molecular formula is C17H19NO4S2. The van der Waals surface area contributed by atoms with Crippen molar-refractivity contribution in [1.82, 2.24) is 0 Å². The minimum absolute atomic E-state index is 0.178. The lowest BCUT2D eigenvalue weighted by Gasteiger charge is -2.05. The fourth-order valence-corrected chi connectivity index (χ4v) is 3.75. The van der Waals surface area contributed by atoms with Gasteiger partial charge in [-0.2, -0.15) is 4.57 Å². The number of aliphatic hydroxyl groups is 1. The summed E-state index contributed by atoms with van der Waals surface area (Å²) in [6, 6.07) is 14.1. The maximum atomic E-state index is 10.4. The van der Waals surface area contributed by atoms with E-state index in [2.05, 4.69) is 23.6 Å². The molecule has 0 unspecified atom stereocenters. The van der Waals surface area contributed by atoms with Crippen LogP contribution in [-0.4, -0.2) is 24.7 Å². The quantitative estimate of drug-likeness (QED) is 0.571. The third-order valence-corrected chi connectivity index (χ3v) is 5.36. The molecule has 2 aromatic carbocycles. The van der Waals surface area contributed by atoms with Crippen LogP contribution in [0.5, 0.6) is 0 Å². The van der Waals surface area contributed by atoms with Crippen LogP contribution in [0.25, 0.3) is 10.2 Å². The molecule has 0 fully saturated rings. The van der Waals surface area contributed by atoms with Gasteiger partial charge in [0, 0.05) is 13.0 Å². The van der Waals surface area contributed by atoms with E-state index in [9.17, 15) is 13.0 Å². The van der Waals surface area contributed by atoms with Gasteiger partial charge >= 0.3 is 0 Å². The van der Waals surface area contributed by atoms with Crippen molar-refractivity contribution >= 4 is 31.7 Å². The van der Waals surface area contributed by atoms with E-state index in [0.717, 1.165) is 5.56 Å². The monoisotopic (exact) mass is 365 g/mol. The summed E-state index contributed by atoms with van der Waals surface area (Å²) in [5.41, 5.74) is 2.15. The van der Waals surface area contributed by atoms with Gasteiger partial charge in [-0.15, -0.1) is 0 Å². The van der Waals surface area contributed by atoms with Gasteiger partial charge in [0.1, 0.15) is 21.4 Å². The lowest BCUT2D eigenvalue weighted by atomic mass is 10.2. The summed E-state index contributed by atoms with van der Waals surface area (Å²) in [7, 11) is -4.27. The van der Waals surface area contributed by atoms with Crippen LogP contribution in [0.4, 0.5) is 0 Å². The molecule has 0 saturated carbocycles. The number of hydrogen-bond donors (Lipinski definition) is 1. The van der Waals surface area contributed by atoms with E-state index in [4.69, 9.17) is 5.11 Å². The first-order chi connectivity index (χ1) is 11.3. The van der Waals surface area contributed by atoms with Gasteiger partial charge in [-0.1, -0.05) is 41.2 Å². The summed E-state index contributed by atoms with van der Waals surface area (Å²) in [5.74, 6) is 0. The molecule has 0 spiro atoms. The molecule has 0 radical (unpaired) electrons. The Morgan fingerprint density at radius 1 is 1.08 bits per heavy atom. The van der Waals surface area contributed by atoms with Gasteiger partial charge in [0.05, 0.1) is 4.90 Å². The molecule has 5 nitrogen and oxygen atoms in total. The van der Waals surface area contributed by atoms with Gasteiger partial charge in [-0.05, 0) is 25.1 Å². The molecule has 3 aromatic rings. The van der Waals surface area contributed by atoms with Crippen molar-refractivity contribution in [2.75, 3.05) is 6.61 Å². The molecule has 0 aliphatic heterocycles. The molecular weight excluding hydrogens is 346 g/mol. The number of aryl methyl sites for hydroxylation is 2. The summed E-state index contributed by atoms with van der Waals surface area (Å²) in [6.07, 6.45) is 0. The Hall–Kier alpha value is -1.80. The first-order valence-corrected chi connectivity index (χ1v) is 9.57. The standard InChI is InChI=1S/C10H12NOS.C7H8O3S/c1-8-11(6-7-12)9-4-2-3-5-10(9)13-8;1-6-2-4-7(5-3-6)11(8,9)10/h2-5,12H,6-7H2,1H3;2-5H,1H3,(H,8,9,10)/q+1;/p-1. The number of para-hydroxylation sites is 1. The minimum atomic E-state index is -4.27. The predicted molar refractivity (Wildman–Crippen MR) is 93.0 cm³/mol. The van der Waals surface area contributed by atoms with Crippen molar-refractivity contribution in [2.24, 2.45) is 0 Å². The van der Waals surface area contributed by atoms with Crippen molar-refractivity contribution in [3.05, 3.63) is 59.1 Å². The fourth-order valence-electron chi connectivity index (χ4n) is 2.23. The average molecular weight is 365 g/mol. The van der Waals surface area contributed by atoms with Gasteiger partial charge < -0.3 is 9.66 Å². The van der Waals surface area contributed by atoms with E-state index < -0.39 is 10.1 Å². The van der Waals surface area contributed by atoms with E-state index in [0.29, 0.717) is 6.54 Å². The van der Waals surface area contributed by atoms with Crippen molar-refractivity contribution in [2.45, 2.75) is 25.3 Å². The van der Waals surface area contributed by atoms with Crippen LogP contribution in [0.1, 0.15) is 10.6 Å². The highest BCUT2D eigenvalue weighted by molar-refractivity contribution is 7.85. The Morgan fingerprint density at radius 2 is 1.71 bits per heavy atom. The molecule has 0 aliphatic carbocycles. The number of hydrogen-bond acceptors (Lipinski definition) is 5. The van der Waals surface area contributed by atoms with E-state index in [1.165, 1.54) is 27.4 Å². The molecule has 0 aliphatic rings. The third-order valence-electron chi connectivity index (χ3n) is 3.43. The molecule has 1 N–H and O–H groups in total.